The van der Waals surface area contributed by atoms with E-state index in [9.17, 15) is 9.90 Å². The van der Waals surface area contributed by atoms with Crippen LogP contribution in [0.15, 0.2) is 115 Å². The number of aromatic carboxylic acids is 1. The van der Waals surface area contributed by atoms with Gasteiger partial charge in [-0.1, -0.05) is 0 Å². The molecule has 0 aliphatic heterocycles. The van der Waals surface area contributed by atoms with E-state index in [0.717, 1.165) is 11.7 Å². The Morgan fingerprint density at radius 1 is 0.600 bits per heavy atom. The normalized spacial score (nSPS) is 11.3. The topological polar surface area (TPSA) is 37.3 Å². The molecule has 146 valence electrons. The van der Waals surface area contributed by atoms with Crippen molar-refractivity contribution in [2.24, 2.45) is 0 Å². The van der Waals surface area contributed by atoms with Crippen molar-refractivity contribution in [1.29, 1.82) is 0 Å². The Balaban J connectivity index is 0.00000256. The molecule has 1 N–H and O–H groups in total. The van der Waals surface area contributed by atoms with Crippen LogP contribution < -0.4 is 15.9 Å². The minimum atomic E-state index is -2.36. The summed E-state index contributed by atoms with van der Waals surface area (Å²) >= 11 is 0. The molecule has 2 nitrogen and oxygen atoms in total. The van der Waals surface area contributed by atoms with Gasteiger partial charge in [0.15, 0.2) is 0 Å². The fraction of sp³-hybridized carbons (Fsp3) is 0.0385. The molecule has 4 aromatic rings. The molecule has 0 aliphatic carbocycles. The third-order valence-corrected chi connectivity index (χ3v) is 10.4. The average molecular weight is 422 g/mol. The number of rotatable bonds is 6. The zero-order valence-electron chi connectivity index (χ0n) is 16.0. The molecule has 0 fully saturated rings. The Morgan fingerprint density at radius 2 is 0.967 bits per heavy atom. The second-order valence-corrected chi connectivity index (χ2v) is 11.1. The van der Waals surface area contributed by atoms with Crippen molar-refractivity contribution in [3.8, 4) is 0 Å². The van der Waals surface area contributed by atoms with E-state index < -0.39 is 13.2 Å². The third kappa shape index (κ3) is 4.58. The standard InChI is InChI=1S/C26H23O2P.Na.H/c27-26(28)22-18-16-21(17-19-22)20-29(23-10-4-1-5-11-23,24-12-6-2-7-13-24)25-14-8-3-9-15-25;;/h1-19,29H,20H2,(H,27,28);;. The van der Waals surface area contributed by atoms with E-state index in [1.54, 1.807) is 12.1 Å². The zero-order chi connectivity index (χ0) is 20.1. The first-order valence-electron chi connectivity index (χ1n) is 9.69. The van der Waals surface area contributed by atoms with Gasteiger partial charge in [-0.05, 0) is 0 Å². The van der Waals surface area contributed by atoms with Gasteiger partial charge in [0.2, 0.25) is 0 Å². The summed E-state index contributed by atoms with van der Waals surface area (Å²) in [5.41, 5.74) is 1.47. The molecule has 0 radical (unpaired) electrons. The van der Waals surface area contributed by atoms with Gasteiger partial charge in [-0.25, -0.2) is 0 Å². The van der Waals surface area contributed by atoms with Crippen molar-refractivity contribution < 1.29 is 9.90 Å². The van der Waals surface area contributed by atoms with Gasteiger partial charge in [-0.2, -0.15) is 0 Å². The number of carboxylic acid groups (broad SMARTS) is 1. The number of carboxylic acids is 1. The van der Waals surface area contributed by atoms with Gasteiger partial charge in [0, 0.05) is 0 Å². The van der Waals surface area contributed by atoms with Gasteiger partial charge < -0.3 is 0 Å². The molecule has 0 bridgehead atoms. The van der Waals surface area contributed by atoms with Crippen LogP contribution in [0.25, 0.3) is 0 Å². The number of hydrogen-bond donors (Lipinski definition) is 1. The zero-order valence-corrected chi connectivity index (χ0v) is 17.0. The van der Waals surface area contributed by atoms with E-state index in [2.05, 4.69) is 91.0 Å². The van der Waals surface area contributed by atoms with Crippen LogP contribution in [-0.4, -0.2) is 40.6 Å². The number of benzene rings is 4. The summed E-state index contributed by atoms with van der Waals surface area (Å²) in [4.78, 5) is 11.3. The molecule has 0 aliphatic rings. The van der Waals surface area contributed by atoms with Gasteiger partial charge >= 0.3 is 201 Å². The molecule has 0 amide bonds. The van der Waals surface area contributed by atoms with Gasteiger partial charge in [0.1, 0.15) is 0 Å². The Kier molecular flexibility index (Phi) is 7.64. The van der Waals surface area contributed by atoms with E-state index in [-0.39, 0.29) is 29.6 Å². The van der Waals surface area contributed by atoms with Crippen molar-refractivity contribution in [3.05, 3.63) is 126 Å². The Hall–Kier alpha value is -2.22. The van der Waals surface area contributed by atoms with Crippen LogP contribution >= 0.6 is 7.26 Å². The van der Waals surface area contributed by atoms with Gasteiger partial charge in [0.05, 0.1) is 0 Å². The monoisotopic (exact) mass is 422 g/mol. The van der Waals surface area contributed by atoms with Crippen LogP contribution in [0.2, 0.25) is 0 Å². The molecule has 0 saturated carbocycles. The SMILES string of the molecule is O=C(O)c1ccc(C[PH](c2ccccc2)(c2ccccc2)c2ccccc2)cc1.[NaH]. The summed E-state index contributed by atoms with van der Waals surface area (Å²) in [7, 11) is -2.36. The van der Waals surface area contributed by atoms with Crippen LogP contribution in [0.5, 0.6) is 0 Å². The first-order chi connectivity index (χ1) is 14.2. The molecule has 4 aromatic carbocycles. The second-order valence-electron chi connectivity index (χ2n) is 7.18. The maximum absolute atomic E-state index is 11.3. The van der Waals surface area contributed by atoms with E-state index in [0.29, 0.717) is 5.56 Å². The molecule has 0 aromatic heterocycles. The second kappa shape index (κ2) is 10.2. The molecule has 0 atom stereocenters. The molecule has 0 unspecified atom stereocenters. The molecule has 4 rings (SSSR count). The molecule has 30 heavy (non-hydrogen) atoms. The quantitative estimate of drug-likeness (QED) is 0.377. The van der Waals surface area contributed by atoms with Crippen LogP contribution in [0.1, 0.15) is 15.9 Å². The third-order valence-electron chi connectivity index (χ3n) is 5.47. The van der Waals surface area contributed by atoms with E-state index in [1.807, 2.05) is 12.1 Å². The minimum absolute atomic E-state index is 0. The van der Waals surface area contributed by atoms with Crippen LogP contribution in [0.4, 0.5) is 0 Å². The molecule has 4 heteroatoms. The van der Waals surface area contributed by atoms with Crippen molar-refractivity contribution in [1.82, 2.24) is 0 Å². The van der Waals surface area contributed by atoms with Crippen LogP contribution in [0.3, 0.4) is 0 Å². The van der Waals surface area contributed by atoms with Gasteiger partial charge in [-0.15, -0.1) is 0 Å². The predicted octanol–water partition coefficient (Wildman–Crippen LogP) is 3.96. The molecule has 0 heterocycles. The Bertz CT molecular complexity index is 986. The molecular formula is C26H24NaO2P. The fourth-order valence-electron chi connectivity index (χ4n) is 4.05. The Morgan fingerprint density at radius 3 is 1.30 bits per heavy atom. The van der Waals surface area contributed by atoms with Crippen LogP contribution in [-0.2, 0) is 6.16 Å². The van der Waals surface area contributed by atoms with Gasteiger partial charge in [0.25, 0.3) is 0 Å². The molecular weight excluding hydrogens is 398 g/mol. The Labute approximate surface area is 200 Å². The van der Waals surface area contributed by atoms with E-state index in [4.69, 9.17) is 0 Å². The number of carbonyl (C=O) groups is 1. The summed E-state index contributed by atoms with van der Waals surface area (Å²) in [5.74, 6) is -0.894. The first kappa shape index (κ1) is 22.5. The van der Waals surface area contributed by atoms with Crippen molar-refractivity contribution in [2.75, 3.05) is 0 Å². The van der Waals surface area contributed by atoms with Crippen molar-refractivity contribution in [3.63, 3.8) is 0 Å². The van der Waals surface area contributed by atoms with Crippen LogP contribution in [0, 0.1) is 0 Å². The molecule has 0 spiro atoms. The summed E-state index contributed by atoms with van der Waals surface area (Å²) in [6, 6.07) is 39.5. The first-order valence-corrected chi connectivity index (χ1v) is 11.9. The van der Waals surface area contributed by atoms with Crippen molar-refractivity contribution >= 4 is 58.7 Å². The summed E-state index contributed by atoms with van der Waals surface area (Å²) < 4.78 is 0. The summed E-state index contributed by atoms with van der Waals surface area (Å²) in [6.07, 6.45) is 0.866. The number of hydrogen-bond acceptors (Lipinski definition) is 1. The van der Waals surface area contributed by atoms with Crippen molar-refractivity contribution in [2.45, 2.75) is 6.16 Å². The van der Waals surface area contributed by atoms with E-state index in [1.165, 1.54) is 15.9 Å². The van der Waals surface area contributed by atoms with Gasteiger partial charge in [-0.3, -0.25) is 0 Å². The predicted molar refractivity (Wildman–Crippen MR) is 131 cm³/mol. The fourth-order valence-corrected chi connectivity index (χ4v) is 8.79. The molecule has 0 saturated heterocycles. The average Bonchev–Trinajstić information content (AvgIpc) is 2.79. The summed E-state index contributed by atoms with van der Waals surface area (Å²) in [6.45, 7) is 0. The summed E-state index contributed by atoms with van der Waals surface area (Å²) in [5, 5.41) is 13.3. The maximum atomic E-state index is 11.3. The van der Waals surface area contributed by atoms with E-state index >= 15 is 0 Å².